The second-order valence-corrected chi connectivity index (χ2v) is 5.60. The van der Waals surface area contributed by atoms with Gasteiger partial charge in [-0.15, -0.1) is 0 Å². The van der Waals surface area contributed by atoms with Crippen LogP contribution in [0, 0.1) is 0 Å². The van der Waals surface area contributed by atoms with E-state index in [0.717, 1.165) is 15.4 Å². The van der Waals surface area contributed by atoms with Gasteiger partial charge in [0.25, 0.3) is 0 Å². The summed E-state index contributed by atoms with van der Waals surface area (Å²) in [6, 6.07) is 9.14. The van der Waals surface area contributed by atoms with Gasteiger partial charge in [0.05, 0.1) is 21.9 Å². The maximum atomic E-state index is 12.4. The van der Waals surface area contributed by atoms with Crippen LogP contribution < -0.4 is 5.32 Å². The highest BCUT2D eigenvalue weighted by atomic mass is 79.9. The maximum Gasteiger partial charge on any atom is 0.249 e. The summed E-state index contributed by atoms with van der Waals surface area (Å²) in [5.41, 5.74) is 1.48. The number of hydrogen-bond donors (Lipinski definition) is 1. The van der Waals surface area contributed by atoms with Crippen LogP contribution >= 0.6 is 15.9 Å². The number of carbonyl (C=O) groups excluding carboxylic acids is 1. The second-order valence-electron chi connectivity index (χ2n) is 4.68. The van der Waals surface area contributed by atoms with E-state index in [-0.39, 0.29) is 5.91 Å². The molecule has 3 aromatic rings. The number of carbonyl (C=O) groups is 1. The summed E-state index contributed by atoms with van der Waals surface area (Å²) in [6.45, 7) is 1.80. The number of para-hydroxylation sites is 1. The lowest BCUT2D eigenvalue weighted by Gasteiger charge is -2.13. The smallest absolute Gasteiger partial charge is 0.249 e. The van der Waals surface area contributed by atoms with Gasteiger partial charge in [0.1, 0.15) is 6.04 Å². The average molecular weight is 345 g/mol. The van der Waals surface area contributed by atoms with Gasteiger partial charge in [-0.05, 0) is 35.0 Å². The Hall–Kier alpha value is -2.21. The fourth-order valence-corrected chi connectivity index (χ4v) is 2.39. The predicted molar refractivity (Wildman–Crippen MR) is 85.0 cm³/mol. The van der Waals surface area contributed by atoms with Crippen molar-refractivity contribution in [3.8, 4) is 0 Å². The molecule has 21 heavy (non-hydrogen) atoms. The number of amides is 1. The molecule has 0 saturated carbocycles. The van der Waals surface area contributed by atoms with E-state index in [1.165, 1.54) is 0 Å². The van der Waals surface area contributed by atoms with E-state index in [9.17, 15) is 4.79 Å². The van der Waals surface area contributed by atoms with E-state index in [2.05, 4.69) is 31.3 Å². The van der Waals surface area contributed by atoms with Gasteiger partial charge in [-0.3, -0.25) is 14.5 Å². The zero-order chi connectivity index (χ0) is 14.8. The molecule has 1 unspecified atom stereocenters. The van der Waals surface area contributed by atoms with Crippen molar-refractivity contribution in [3.05, 3.63) is 53.4 Å². The van der Waals surface area contributed by atoms with E-state index < -0.39 is 6.04 Å². The molecule has 1 amide bonds. The Morgan fingerprint density at radius 2 is 2.14 bits per heavy atom. The molecule has 0 bridgehead atoms. The van der Waals surface area contributed by atoms with Gasteiger partial charge in [-0.1, -0.05) is 18.2 Å². The van der Waals surface area contributed by atoms with Crippen molar-refractivity contribution in [2.24, 2.45) is 0 Å². The Morgan fingerprint density at radius 3 is 2.90 bits per heavy atom. The van der Waals surface area contributed by atoms with Gasteiger partial charge in [-0.25, -0.2) is 0 Å². The lowest BCUT2D eigenvalue weighted by Crippen LogP contribution is -2.24. The average Bonchev–Trinajstić information content (AvgIpc) is 2.93. The van der Waals surface area contributed by atoms with Crippen molar-refractivity contribution in [2.45, 2.75) is 13.0 Å². The lowest BCUT2D eigenvalue weighted by atomic mass is 10.2. The molecule has 2 aromatic heterocycles. The van der Waals surface area contributed by atoms with E-state index in [1.54, 1.807) is 30.2 Å². The molecule has 0 saturated heterocycles. The Balaban J connectivity index is 1.86. The zero-order valence-electron chi connectivity index (χ0n) is 11.3. The molecule has 1 atom stereocenters. The van der Waals surface area contributed by atoms with E-state index in [0.29, 0.717) is 5.69 Å². The number of pyridine rings is 1. The quantitative estimate of drug-likeness (QED) is 0.792. The normalized spacial score (nSPS) is 12.3. The SMILES string of the molecule is CC(C(=O)Nc1cccc2cccnc12)n1cc(Br)cn1. The van der Waals surface area contributed by atoms with Crippen LogP contribution in [0.2, 0.25) is 0 Å². The monoisotopic (exact) mass is 344 g/mol. The van der Waals surface area contributed by atoms with Crippen LogP contribution in [0.5, 0.6) is 0 Å². The molecular weight excluding hydrogens is 332 g/mol. The van der Waals surface area contributed by atoms with E-state index in [4.69, 9.17) is 0 Å². The number of hydrogen-bond acceptors (Lipinski definition) is 3. The fourth-order valence-electron chi connectivity index (χ4n) is 2.09. The van der Waals surface area contributed by atoms with Crippen molar-refractivity contribution >= 4 is 38.4 Å². The number of fused-ring (bicyclic) bond motifs is 1. The minimum absolute atomic E-state index is 0.135. The molecule has 1 aromatic carbocycles. The topological polar surface area (TPSA) is 59.8 Å². The Labute approximate surface area is 130 Å². The number of rotatable bonds is 3. The fraction of sp³-hybridized carbons (Fsp3) is 0.133. The third kappa shape index (κ3) is 2.80. The van der Waals surface area contributed by atoms with Crippen LogP contribution in [0.25, 0.3) is 10.9 Å². The predicted octanol–water partition coefficient (Wildman–Crippen LogP) is 3.39. The van der Waals surface area contributed by atoms with Crippen molar-refractivity contribution in [1.29, 1.82) is 0 Å². The molecular formula is C15H13BrN4O. The standard InChI is InChI=1S/C15H13BrN4O/c1-10(20-9-12(16)8-18-20)15(21)19-13-6-2-4-11-5-3-7-17-14(11)13/h2-10H,1H3,(H,19,21). The number of benzene rings is 1. The third-order valence-corrected chi connectivity index (χ3v) is 3.65. The summed E-state index contributed by atoms with van der Waals surface area (Å²) in [7, 11) is 0. The lowest BCUT2D eigenvalue weighted by molar-refractivity contribution is -0.119. The van der Waals surface area contributed by atoms with Crippen LogP contribution in [0.3, 0.4) is 0 Å². The first-order chi connectivity index (χ1) is 10.1. The molecule has 0 spiro atoms. The van der Waals surface area contributed by atoms with Crippen molar-refractivity contribution < 1.29 is 4.79 Å². The molecule has 1 N–H and O–H groups in total. The third-order valence-electron chi connectivity index (χ3n) is 3.24. The highest BCUT2D eigenvalue weighted by Gasteiger charge is 2.17. The molecule has 6 heteroatoms. The van der Waals surface area contributed by atoms with Gasteiger partial charge in [-0.2, -0.15) is 5.10 Å². The van der Waals surface area contributed by atoms with Crippen LogP contribution in [0.4, 0.5) is 5.69 Å². The first kappa shape index (κ1) is 13.8. The number of nitrogens with zero attached hydrogens (tertiary/aromatic N) is 3. The first-order valence-corrected chi connectivity index (χ1v) is 7.29. The maximum absolute atomic E-state index is 12.4. The van der Waals surface area contributed by atoms with Gasteiger partial charge < -0.3 is 5.32 Å². The number of halogens is 1. The number of aromatic nitrogens is 3. The molecule has 5 nitrogen and oxygen atoms in total. The van der Waals surface area contributed by atoms with Crippen molar-refractivity contribution in [2.75, 3.05) is 5.32 Å². The zero-order valence-corrected chi connectivity index (χ0v) is 12.9. The molecule has 0 aliphatic carbocycles. The van der Waals surface area contributed by atoms with Crippen LogP contribution in [-0.2, 0) is 4.79 Å². The summed E-state index contributed by atoms with van der Waals surface area (Å²) in [5, 5.41) is 8.04. The summed E-state index contributed by atoms with van der Waals surface area (Å²) in [4.78, 5) is 16.7. The minimum atomic E-state index is -0.407. The summed E-state index contributed by atoms with van der Waals surface area (Å²) in [6.07, 6.45) is 5.14. The van der Waals surface area contributed by atoms with Crippen molar-refractivity contribution in [1.82, 2.24) is 14.8 Å². The van der Waals surface area contributed by atoms with Crippen LogP contribution in [-0.4, -0.2) is 20.7 Å². The highest BCUT2D eigenvalue weighted by molar-refractivity contribution is 9.10. The first-order valence-electron chi connectivity index (χ1n) is 6.49. The van der Waals surface area contributed by atoms with Gasteiger partial charge in [0.15, 0.2) is 0 Å². The molecule has 0 radical (unpaired) electrons. The Morgan fingerprint density at radius 1 is 1.33 bits per heavy atom. The number of anilines is 1. The highest BCUT2D eigenvalue weighted by Crippen LogP contribution is 2.22. The van der Waals surface area contributed by atoms with Gasteiger partial charge in [0, 0.05) is 17.8 Å². The summed E-state index contributed by atoms with van der Waals surface area (Å²) < 4.78 is 2.45. The van der Waals surface area contributed by atoms with E-state index in [1.807, 2.05) is 30.3 Å². The molecule has 2 heterocycles. The molecule has 3 rings (SSSR count). The summed E-state index contributed by atoms with van der Waals surface area (Å²) in [5.74, 6) is -0.135. The molecule has 0 aliphatic heterocycles. The summed E-state index contributed by atoms with van der Waals surface area (Å²) >= 11 is 3.32. The number of nitrogens with one attached hydrogen (secondary N) is 1. The molecule has 0 fully saturated rings. The van der Waals surface area contributed by atoms with Crippen molar-refractivity contribution in [3.63, 3.8) is 0 Å². The second kappa shape index (κ2) is 5.65. The molecule has 0 aliphatic rings. The van der Waals surface area contributed by atoms with Gasteiger partial charge >= 0.3 is 0 Å². The van der Waals surface area contributed by atoms with Crippen LogP contribution in [0.15, 0.2) is 53.4 Å². The Bertz CT molecular complexity index is 794. The minimum Gasteiger partial charge on any atom is -0.322 e. The van der Waals surface area contributed by atoms with Gasteiger partial charge in [0.2, 0.25) is 5.91 Å². The van der Waals surface area contributed by atoms with E-state index >= 15 is 0 Å². The molecule has 106 valence electrons. The Kier molecular flexibility index (Phi) is 3.70. The van der Waals surface area contributed by atoms with Crippen LogP contribution in [0.1, 0.15) is 13.0 Å². The largest absolute Gasteiger partial charge is 0.322 e.